The maximum atomic E-state index is 10.9. The van der Waals surface area contributed by atoms with Crippen LogP contribution < -0.4 is 5.32 Å². The van der Waals surface area contributed by atoms with Crippen molar-refractivity contribution in [3.05, 3.63) is 0 Å². The molecule has 0 aromatic rings. The fourth-order valence-electron chi connectivity index (χ4n) is 1.28. The molecule has 11 heavy (non-hydrogen) atoms. The van der Waals surface area contributed by atoms with Crippen LogP contribution in [0, 0.1) is 0 Å². The third-order valence-corrected chi connectivity index (χ3v) is 2.15. The van der Waals surface area contributed by atoms with Crippen molar-refractivity contribution in [3.63, 3.8) is 0 Å². The van der Waals surface area contributed by atoms with Crippen LogP contribution in [0.1, 0.15) is 6.92 Å². The largest absolute Gasteiger partial charge is 0.390 e. The first-order chi connectivity index (χ1) is 5.13. The van der Waals surface area contributed by atoms with Gasteiger partial charge in [-0.05, 0) is 0 Å². The van der Waals surface area contributed by atoms with E-state index in [1.807, 2.05) is 0 Å². The first-order valence-corrected chi connectivity index (χ1v) is 3.75. The van der Waals surface area contributed by atoms with Crippen molar-refractivity contribution < 1.29 is 9.90 Å². The van der Waals surface area contributed by atoms with E-state index < -0.39 is 6.10 Å². The highest BCUT2D eigenvalue weighted by Crippen LogP contribution is 2.06. The third kappa shape index (κ3) is 1.70. The van der Waals surface area contributed by atoms with Crippen molar-refractivity contribution in [1.29, 1.82) is 0 Å². The van der Waals surface area contributed by atoms with Crippen LogP contribution in [0.25, 0.3) is 0 Å². The lowest BCUT2D eigenvalue weighted by molar-refractivity contribution is -0.130. The summed E-state index contributed by atoms with van der Waals surface area (Å²) in [5, 5.41) is 12.4. The molecule has 2 atom stereocenters. The van der Waals surface area contributed by atoms with E-state index in [-0.39, 0.29) is 11.9 Å². The van der Waals surface area contributed by atoms with Crippen molar-refractivity contribution in [3.8, 4) is 0 Å². The van der Waals surface area contributed by atoms with Gasteiger partial charge in [0.15, 0.2) is 0 Å². The van der Waals surface area contributed by atoms with Gasteiger partial charge in [0.05, 0.1) is 12.1 Å². The van der Waals surface area contributed by atoms with E-state index in [0.29, 0.717) is 13.1 Å². The zero-order valence-corrected chi connectivity index (χ0v) is 6.87. The first kappa shape index (κ1) is 8.49. The van der Waals surface area contributed by atoms with Crippen LogP contribution in [-0.2, 0) is 4.79 Å². The molecule has 0 spiro atoms. The normalized spacial score (nSPS) is 30.5. The molecular weight excluding hydrogens is 144 g/mol. The van der Waals surface area contributed by atoms with Gasteiger partial charge in [-0.1, -0.05) is 0 Å². The Morgan fingerprint density at radius 1 is 1.64 bits per heavy atom. The summed E-state index contributed by atoms with van der Waals surface area (Å²) in [4.78, 5) is 12.4. The van der Waals surface area contributed by atoms with Gasteiger partial charge >= 0.3 is 0 Å². The number of amides is 1. The lowest BCUT2D eigenvalue weighted by Crippen LogP contribution is -2.43. The predicted molar refractivity (Wildman–Crippen MR) is 41.1 cm³/mol. The van der Waals surface area contributed by atoms with Gasteiger partial charge in [0, 0.05) is 27.1 Å². The van der Waals surface area contributed by atoms with Gasteiger partial charge in [0.1, 0.15) is 0 Å². The van der Waals surface area contributed by atoms with Crippen LogP contribution in [0.2, 0.25) is 0 Å². The minimum atomic E-state index is -0.413. The summed E-state index contributed by atoms with van der Waals surface area (Å²) in [7, 11) is 1.71. The maximum absolute atomic E-state index is 10.9. The van der Waals surface area contributed by atoms with Crippen LogP contribution in [0.15, 0.2) is 0 Å². The van der Waals surface area contributed by atoms with Gasteiger partial charge in [-0.15, -0.1) is 0 Å². The molecular formula is C7H14N2O2. The Bertz CT molecular complexity index is 161. The topological polar surface area (TPSA) is 52.6 Å². The molecule has 1 aliphatic heterocycles. The van der Waals surface area contributed by atoms with Crippen molar-refractivity contribution in [2.24, 2.45) is 0 Å². The quantitative estimate of drug-likeness (QED) is 0.504. The molecule has 1 aliphatic rings. The third-order valence-electron chi connectivity index (χ3n) is 2.15. The van der Waals surface area contributed by atoms with Crippen molar-refractivity contribution in [2.45, 2.75) is 19.1 Å². The molecule has 1 amide bonds. The summed E-state index contributed by atoms with van der Waals surface area (Å²) < 4.78 is 0. The highest BCUT2D eigenvalue weighted by Gasteiger charge is 2.29. The molecule has 0 unspecified atom stereocenters. The Morgan fingerprint density at radius 2 is 2.27 bits per heavy atom. The van der Waals surface area contributed by atoms with Crippen LogP contribution in [-0.4, -0.2) is 48.2 Å². The smallest absolute Gasteiger partial charge is 0.219 e. The number of aliphatic hydroxyl groups is 1. The van der Waals surface area contributed by atoms with Crippen LogP contribution in [0.4, 0.5) is 0 Å². The Labute approximate surface area is 66.2 Å². The second kappa shape index (κ2) is 3.19. The molecule has 4 nitrogen and oxygen atoms in total. The molecule has 1 saturated heterocycles. The number of nitrogens with zero attached hydrogens (tertiary/aromatic N) is 1. The maximum Gasteiger partial charge on any atom is 0.219 e. The van der Waals surface area contributed by atoms with Gasteiger partial charge in [0.2, 0.25) is 5.91 Å². The lowest BCUT2D eigenvalue weighted by atomic mass is 10.2. The predicted octanol–water partition coefficient (Wildman–Crippen LogP) is -1.20. The van der Waals surface area contributed by atoms with E-state index in [9.17, 15) is 9.90 Å². The molecule has 0 aliphatic carbocycles. The summed E-state index contributed by atoms with van der Waals surface area (Å²) >= 11 is 0. The Kier molecular flexibility index (Phi) is 2.46. The standard InChI is InChI=1S/C7H14N2O2/c1-5(10)9(2)6-3-8-4-7(6)11/h6-8,11H,3-4H2,1-2H3/t6-,7-/m0/s1. The molecule has 0 radical (unpaired) electrons. The minimum absolute atomic E-state index is 0.00208. The molecule has 0 saturated carbocycles. The van der Waals surface area contributed by atoms with Crippen molar-refractivity contribution in [2.75, 3.05) is 20.1 Å². The summed E-state index contributed by atoms with van der Waals surface area (Å²) in [6.07, 6.45) is -0.413. The second-order valence-corrected chi connectivity index (χ2v) is 2.92. The number of carbonyl (C=O) groups excluding carboxylic acids is 1. The average Bonchev–Trinajstić information content (AvgIpc) is 2.33. The summed E-state index contributed by atoms with van der Waals surface area (Å²) in [5.41, 5.74) is 0. The Hall–Kier alpha value is -0.610. The lowest BCUT2D eigenvalue weighted by Gasteiger charge is -2.24. The molecule has 4 heteroatoms. The minimum Gasteiger partial charge on any atom is -0.390 e. The monoisotopic (exact) mass is 158 g/mol. The van der Waals surface area contributed by atoms with Crippen LogP contribution >= 0.6 is 0 Å². The molecule has 64 valence electrons. The molecule has 0 bridgehead atoms. The van der Waals surface area contributed by atoms with E-state index in [1.165, 1.54) is 6.92 Å². The molecule has 1 heterocycles. The zero-order chi connectivity index (χ0) is 8.43. The summed E-state index contributed by atoms with van der Waals surface area (Å²) in [5.74, 6) is -0.00208. The van der Waals surface area contributed by atoms with Gasteiger partial charge < -0.3 is 15.3 Å². The van der Waals surface area contributed by atoms with Crippen molar-refractivity contribution in [1.82, 2.24) is 10.2 Å². The van der Waals surface area contributed by atoms with Gasteiger partial charge in [0.25, 0.3) is 0 Å². The molecule has 2 N–H and O–H groups in total. The number of hydrogen-bond acceptors (Lipinski definition) is 3. The Morgan fingerprint density at radius 3 is 2.64 bits per heavy atom. The number of carbonyl (C=O) groups is 1. The van der Waals surface area contributed by atoms with E-state index in [0.717, 1.165) is 0 Å². The molecule has 0 aromatic carbocycles. The molecule has 1 fully saturated rings. The first-order valence-electron chi connectivity index (χ1n) is 3.75. The number of rotatable bonds is 1. The van der Waals surface area contributed by atoms with Gasteiger partial charge in [-0.3, -0.25) is 4.79 Å². The van der Waals surface area contributed by atoms with Gasteiger partial charge in [-0.25, -0.2) is 0 Å². The zero-order valence-electron chi connectivity index (χ0n) is 6.87. The number of β-amino-alcohol motifs (C(OH)–C–C–N with tert-alkyl or cyclic N) is 1. The van der Waals surface area contributed by atoms with Gasteiger partial charge in [-0.2, -0.15) is 0 Å². The SMILES string of the molecule is CC(=O)N(C)[C@H]1CNC[C@@H]1O. The molecule has 0 aromatic heterocycles. The van der Waals surface area contributed by atoms with Crippen LogP contribution in [0.5, 0.6) is 0 Å². The van der Waals surface area contributed by atoms with Crippen molar-refractivity contribution >= 4 is 5.91 Å². The number of hydrogen-bond donors (Lipinski definition) is 2. The van der Waals surface area contributed by atoms with E-state index in [1.54, 1.807) is 11.9 Å². The Balaban J connectivity index is 2.52. The highest BCUT2D eigenvalue weighted by atomic mass is 16.3. The number of nitrogens with one attached hydrogen (secondary N) is 1. The van der Waals surface area contributed by atoms with E-state index >= 15 is 0 Å². The van der Waals surface area contributed by atoms with E-state index in [4.69, 9.17) is 0 Å². The highest BCUT2D eigenvalue weighted by molar-refractivity contribution is 5.73. The summed E-state index contributed by atoms with van der Waals surface area (Å²) in [6, 6.07) is -0.0486. The number of likely N-dealkylation sites (N-methyl/N-ethyl adjacent to an activating group) is 1. The fraction of sp³-hybridized carbons (Fsp3) is 0.857. The van der Waals surface area contributed by atoms with E-state index in [2.05, 4.69) is 5.32 Å². The fourth-order valence-corrected chi connectivity index (χ4v) is 1.28. The average molecular weight is 158 g/mol. The second-order valence-electron chi connectivity index (χ2n) is 2.92. The number of aliphatic hydroxyl groups excluding tert-OH is 1. The summed E-state index contributed by atoms with van der Waals surface area (Å²) in [6.45, 7) is 2.78. The molecule has 1 rings (SSSR count). The van der Waals surface area contributed by atoms with Crippen LogP contribution in [0.3, 0.4) is 0 Å².